The summed E-state index contributed by atoms with van der Waals surface area (Å²) in [5, 5.41) is 11.8. The topological polar surface area (TPSA) is 86.7 Å². The third-order valence-corrected chi connectivity index (χ3v) is 5.56. The number of aryl methyl sites for hydroxylation is 1. The Morgan fingerprint density at radius 1 is 0.862 bits per heavy atom. The van der Waals surface area contributed by atoms with E-state index in [-0.39, 0.29) is 57.1 Å². The third-order valence-electron chi connectivity index (χ3n) is 4.67. The molecular formula is C22H29KO5S. The SMILES string of the molecule is CCCCCCCCCCc1ccc(Oc2ccc(S(=O)(=O)O)c([O-])c2)cc1.[K+]. The Morgan fingerprint density at radius 2 is 1.41 bits per heavy atom. The van der Waals surface area contributed by atoms with Gasteiger partial charge in [0.2, 0.25) is 0 Å². The van der Waals surface area contributed by atoms with E-state index in [1.807, 2.05) is 24.3 Å². The summed E-state index contributed by atoms with van der Waals surface area (Å²) < 4.78 is 36.7. The molecule has 5 nitrogen and oxygen atoms in total. The fourth-order valence-corrected chi connectivity index (χ4v) is 3.64. The molecule has 0 spiro atoms. The molecule has 0 amide bonds. The first-order valence-corrected chi connectivity index (χ1v) is 11.4. The molecule has 0 saturated heterocycles. The van der Waals surface area contributed by atoms with Crippen LogP contribution in [-0.2, 0) is 16.5 Å². The van der Waals surface area contributed by atoms with Gasteiger partial charge in [-0.25, -0.2) is 0 Å². The second kappa shape index (κ2) is 13.8. The summed E-state index contributed by atoms with van der Waals surface area (Å²) in [5.41, 5.74) is 1.24. The number of benzene rings is 2. The molecule has 2 aromatic carbocycles. The smallest absolute Gasteiger partial charge is 0.871 e. The molecule has 0 fully saturated rings. The van der Waals surface area contributed by atoms with E-state index in [0.717, 1.165) is 18.6 Å². The van der Waals surface area contributed by atoms with Crippen LogP contribution < -0.4 is 61.2 Å². The molecule has 0 radical (unpaired) electrons. The van der Waals surface area contributed by atoms with Crippen LogP contribution in [0.5, 0.6) is 17.2 Å². The van der Waals surface area contributed by atoms with E-state index >= 15 is 0 Å². The van der Waals surface area contributed by atoms with Gasteiger partial charge in [-0.1, -0.05) is 69.8 Å². The number of hydrogen-bond donors (Lipinski definition) is 1. The van der Waals surface area contributed by atoms with Crippen LogP contribution in [0.3, 0.4) is 0 Å². The Hall–Kier alpha value is -0.414. The van der Waals surface area contributed by atoms with E-state index in [1.54, 1.807) is 0 Å². The zero-order chi connectivity index (χ0) is 20.4. The van der Waals surface area contributed by atoms with Crippen molar-refractivity contribution in [2.75, 3.05) is 0 Å². The van der Waals surface area contributed by atoms with Crippen molar-refractivity contribution in [2.24, 2.45) is 0 Å². The standard InChI is InChI=1S/C22H30O5S.K/c1-2-3-4-5-6-7-8-9-10-18-11-13-19(14-12-18)27-20-15-16-22(21(23)17-20)28(24,25)26;/h11-17,23H,2-10H2,1H3,(H,24,25,26);/q;+1/p-1. The molecule has 1 N–H and O–H groups in total. The minimum atomic E-state index is -4.52. The van der Waals surface area contributed by atoms with E-state index < -0.39 is 20.8 Å². The van der Waals surface area contributed by atoms with E-state index in [1.165, 1.54) is 63.0 Å². The minimum absolute atomic E-state index is 0. The Kier molecular flexibility index (Phi) is 12.7. The fourth-order valence-electron chi connectivity index (χ4n) is 3.09. The molecule has 2 rings (SSSR count). The van der Waals surface area contributed by atoms with Crippen LogP contribution in [0.25, 0.3) is 0 Å². The monoisotopic (exact) mass is 444 g/mol. The van der Waals surface area contributed by atoms with Gasteiger partial charge in [-0.2, -0.15) is 8.42 Å². The van der Waals surface area contributed by atoms with Gasteiger partial charge in [-0.3, -0.25) is 4.55 Å². The van der Waals surface area contributed by atoms with Gasteiger partial charge < -0.3 is 9.84 Å². The van der Waals surface area contributed by atoms with Crippen LogP contribution in [0.4, 0.5) is 0 Å². The maximum Gasteiger partial charge on any atom is 1.00 e. The van der Waals surface area contributed by atoms with E-state index in [2.05, 4.69) is 6.92 Å². The van der Waals surface area contributed by atoms with Crippen molar-refractivity contribution in [3.63, 3.8) is 0 Å². The molecule has 0 saturated carbocycles. The molecule has 0 heterocycles. The van der Waals surface area contributed by atoms with E-state index in [4.69, 9.17) is 9.29 Å². The second-order valence-electron chi connectivity index (χ2n) is 7.05. The van der Waals surface area contributed by atoms with Crippen LogP contribution in [0.1, 0.15) is 63.9 Å². The summed E-state index contributed by atoms with van der Waals surface area (Å²) in [4.78, 5) is -0.652. The first kappa shape index (κ1) is 26.6. The van der Waals surface area contributed by atoms with Crippen LogP contribution >= 0.6 is 0 Å². The number of unbranched alkanes of at least 4 members (excludes halogenated alkanes) is 7. The molecule has 0 aromatic heterocycles. The summed E-state index contributed by atoms with van der Waals surface area (Å²) in [6.07, 6.45) is 11.4. The van der Waals surface area contributed by atoms with Gasteiger partial charge in [-0.05, 0) is 48.7 Å². The largest absolute Gasteiger partial charge is 1.00 e. The fraction of sp³-hybridized carbons (Fsp3) is 0.455. The molecule has 0 aliphatic rings. The Balaban J connectivity index is 0.00000420. The molecule has 0 unspecified atom stereocenters. The van der Waals surface area contributed by atoms with Crippen molar-refractivity contribution in [1.29, 1.82) is 0 Å². The normalized spacial score (nSPS) is 11.1. The first-order chi connectivity index (χ1) is 13.4. The average Bonchev–Trinajstić information content (AvgIpc) is 2.64. The molecule has 0 bridgehead atoms. The van der Waals surface area contributed by atoms with Gasteiger partial charge in [0.1, 0.15) is 11.5 Å². The number of ether oxygens (including phenoxy) is 1. The Labute approximate surface area is 217 Å². The van der Waals surface area contributed by atoms with Crippen molar-refractivity contribution in [3.05, 3.63) is 48.0 Å². The van der Waals surface area contributed by atoms with Crippen molar-refractivity contribution >= 4 is 10.1 Å². The molecule has 2 aromatic rings. The van der Waals surface area contributed by atoms with Gasteiger partial charge in [0.25, 0.3) is 10.1 Å². The van der Waals surface area contributed by atoms with Crippen molar-refractivity contribution in [1.82, 2.24) is 0 Å². The summed E-state index contributed by atoms with van der Waals surface area (Å²) >= 11 is 0. The van der Waals surface area contributed by atoms with Gasteiger partial charge in [-0.15, -0.1) is 0 Å². The predicted octanol–water partition coefficient (Wildman–Crippen LogP) is 2.49. The van der Waals surface area contributed by atoms with Crippen LogP contribution in [-0.4, -0.2) is 13.0 Å². The summed E-state index contributed by atoms with van der Waals surface area (Å²) in [7, 11) is -4.52. The zero-order valence-corrected chi connectivity index (χ0v) is 21.3. The third kappa shape index (κ3) is 9.96. The maximum atomic E-state index is 11.8. The summed E-state index contributed by atoms with van der Waals surface area (Å²) in [6.45, 7) is 2.23. The molecule has 0 aliphatic heterocycles. The quantitative estimate of drug-likeness (QED) is 0.309. The van der Waals surface area contributed by atoms with Crippen LogP contribution in [0.15, 0.2) is 47.4 Å². The molecule has 154 valence electrons. The van der Waals surface area contributed by atoms with Crippen molar-refractivity contribution in [2.45, 2.75) is 69.6 Å². The molecule has 0 atom stereocenters. The number of hydrogen-bond acceptors (Lipinski definition) is 4. The van der Waals surface area contributed by atoms with Crippen molar-refractivity contribution in [3.8, 4) is 17.2 Å². The number of rotatable bonds is 12. The van der Waals surface area contributed by atoms with E-state index in [0.29, 0.717) is 5.75 Å². The summed E-state index contributed by atoms with van der Waals surface area (Å²) in [6, 6.07) is 11.1. The predicted molar refractivity (Wildman–Crippen MR) is 109 cm³/mol. The van der Waals surface area contributed by atoms with Gasteiger partial charge in [0.05, 0.1) is 4.90 Å². The maximum absolute atomic E-state index is 11.8. The molecule has 7 heteroatoms. The Morgan fingerprint density at radius 3 is 1.97 bits per heavy atom. The van der Waals surface area contributed by atoms with Crippen LogP contribution in [0.2, 0.25) is 0 Å². The van der Waals surface area contributed by atoms with Gasteiger partial charge in [0.15, 0.2) is 0 Å². The molecule has 0 aliphatic carbocycles. The molecule has 29 heavy (non-hydrogen) atoms. The Bertz CT molecular complexity index is 835. The van der Waals surface area contributed by atoms with E-state index in [9.17, 15) is 13.5 Å². The minimum Gasteiger partial charge on any atom is -0.871 e. The van der Waals surface area contributed by atoms with Gasteiger partial charge >= 0.3 is 51.4 Å². The first-order valence-electron chi connectivity index (χ1n) is 9.95. The molecular weight excluding hydrogens is 415 g/mol. The summed E-state index contributed by atoms with van der Waals surface area (Å²) in [5.74, 6) is -0.00165. The second-order valence-corrected chi connectivity index (χ2v) is 8.44. The average molecular weight is 445 g/mol. The zero-order valence-electron chi connectivity index (χ0n) is 17.4. The van der Waals surface area contributed by atoms with Gasteiger partial charge in [0, 0.05) is 0 Å². The van der Waals surface area contributed by atoms with Crippen molar-refractivity contribution < 1.29 is 74.2 Å². The van der Waals surface area contributed by atoms with Crippen LogP contribution in [0, 0.1) is 0 Å².